The lowest BCUT2D eigenvalue weighted by Gasteiger charge is -2.49. The van der Waals surface area contributed by atoms with Crippen LogP contribution in [0.4, 0.5) is 13.2 Å². The molecule has 0 amide bonds. The molecule has 13 heavy (non-hydrogen) atoms. The minimum absolute atomic E-state index is 0.0720. The average Bonchev–Trinajstić information content (AvgIpc) is 2.02. The van der Waals surface area contributed by atoms with Gasteiger partial charge in [0.2, 0.25) is 0 Å². The maximum atomic E-state index is 13.5. The van der Waals surface area contributed by atoms with Crippen molar-refractivity contribution in [2.75, 3.05) is 0 Å². The largest absolute Gasteiger partial charge is 0.283 e. The molecular formula is C10H15F3. The van der Waals surface area contributed by atoms with E-state index in [1.165, 1.54) is 0 Å². The first-order valence-electron chi connectivity index (χ1n) is 4.97. The summed E-state index contributed by atoms with van der Waals surface area (Å²) in [5.41, 5.74) is -1.06. The van der Waals surface area contributed by atoms with Gasteiger partial charge >= 0.3 is 0 Å². The molecular weight excluding hydrogens is 177 g/mol. The zero-order valence-corrected chi connectivity index (χ0v) is 7.82. The first-order chi connectivity index (χ1) is 5.96. The molecule has 3 atom stereocenters. The summed E-state index contributed by atoms with van der Waals surface area (Å²) in [6, 6.07) is 0. The van der Waals surface area contributed by atoms with Crippen LogP contribution in [0.3, 0.4) is 0 Å². The van der Waals surface area contributed by atoms with Crippen LogP contribution in [0.5, 0.6) is 0 Å². The van der Waals surface area contributed by atoms with Crippen molar-refractivity contribution in [2.45, 2.75) is 51.1 Å². The van der Waals surface area contributed by atoms with Crippen LogP contribution in [0.25, 0.3) is 0 Å². The maximum absolute atomic E-state index is 13.5. The molecule has 0 spiro atoms. The molecule has 0 radical (unpaired) electrons. The Morgan fingerprint density at radius 1 is 1.31 bits per heavy atom. The zero-order valence-electron chi connectivity index (χ0n) is 7.82. The predicted octanol–water partition coefficient (Wildman–Crippen LogP) is 3.56. The first-order valence-corrected chi connectivity index (χ1v) is 4.97. The summed E-state index contributed by atoms with van der Waals surface area (Å²) in [7, 11) is 0. The molecule has 2 saturated carbocycles. The summed E-state index contributed by atoms with van der Waals surface area (Å²) in [6.07, 6.45) is 0.937. The Morgan fingerprint density at radius 2 is 2.00 bits per heavy atom. The van der Waals surface area contributed by atoms with Crippen LogP contribution in [0.15, 0.2) is 0 Å². The van der Waals surface area contributed by atoms with Crippen molar-refractivity contribution in [3.05, 3.63) is 0 Å². The topological polar surface area (TPSA) is 0 Å². The number of halogens is 3. The Balaban J connectivity index is 2.28. The molecule has 76 valence electrons. The number of hydrogen-bond acceptors (Lipinski definition) is 0. The Kier molecular flexibility index (Phi) is 1.90. The summed E-state index contributed by atoms with van der Waals surface area (Å²) < 4.78 is 40.1. The minimum atomic E-state index is -3.09. The Labute approximate surface area is 76.5 Å². The number of alkyl halides is 3. The van der Waals surface area contributed by atoms with Crippen LogP contribution in [-0.2, 0) is 0 Å². The molecule has 2 rings (SSSR count). The fraction of sp³-hybridized carbons (Fsp3) is 1.00. The summed E-state index contributed by atoms with van der Waals surface area (Å²) >= 11 is 0. The Bertz CT molecular complexity index is 214. The molecule has 0 aromatic rings. The highest BCUT2D eigenvalue weighted by Crippen LogP contribution is 2.57. The molecule has 2 aliphatic rings. The molecule has 0 heterocycles. The van der Waals surface area contributed by atoms with E-state index in [9.17, 15) is 13.2 Å². The van der Waals surface area contributed by atoms with Gasteiger partial charge in [0.25, 0.3) is 5.92 Å². The molecule has 0 saturated heterocycles. The van der Waals surface area contributed by atoms with Crippen LogP contribution in [0.2, 0.25) is 0 Å². The number of rotatable bonds is 0. The Morgan fingerprint density at radius 3 is 2.69 bits per heavy atom. The van der Waals surface area contributed by atoms with E-state index >= 15 is 0 Å². The van der Waals surface area contributed by atoms with Gasteiger partial charge in [-0.2, -0.15) is 0 Å². The summed E-state index contributed by atoms with van der Waals surface area (Å²) in [4.78, 5) is 0. The highest BCUT2D eigenvalue weighted by atomic mass is 19.3. The van der Waals surface area contributed by atoms with Crippen molar-refractivity contribution in [3.63, 3.8) is 0 Å². The van der Waals surface area contributed by atoms with Gasteiger partial charge in [-0.3, -0.25) is 0 Å². The van der Waals surface area contributed by atoms with E-state index in [-0.39, 0.29) is 12.3 Å². The highest BCUT2D eigenvalue weighted by molar-refractivity contribution is 5.02. The van der Waals surface area contributed by atoms with Gasteiger partial charge in [0.05, 0.1) is 0 Å². The van der Waals surface area contributed by atoms with Crippen molar-refractivity contribution in [1.82, 2.24) is 0 Å². The summed E-state index contributed by atoms with van der Waals surface area (Å²) in [5, 5.41) is 0. The van der Waals surface area contributed by atoms with Gasteiger partial charge in [0.1, 0.15) is 0 Å². The van der Waals surface area contributed by atoms with E-state index in [1.807, 2.05) is 0 Å². The van der Waals surface area contributed by atoms with Crippen LogP contribution in [0, 0.1) is 11.3 Å². The SMILES string of the molecule is CC12CCCC(CC(F)C1(F)F)C2. The van der Waals surface area contributed by atoms with Gasteiger partial charge in [-0.05, 0) is 25.2 Å². The van der Waals surface area contributed by atoms with Gasteiger partial charge < -0.3 is 0 Å². The third-order valence-corrected chi connectivity index (χ3v) is 3.82. The van der Waals surface area contributed by atoms with E-state index < -0.39 is 17.5 Å². The van der Waals surface area contributed by atoms with Crippen LogP contribution in [0.1, 0.15) is 39.0 Å². The highest BCUT2D eigenvalue weighted by Gasteiger charge is 2.60. The fourth-order valence-corrected chi connectivity index (χ4v) is 2.94. The third kappa shape index (κ3) is 1.19. The van der Waals surface area contributed by atoms with Crippen molar-refractivity contribution < 1.29 is 13.2 Å². The summed E-state index contributed by atoms with van der Waals surface area (Å²) in [6.45, 7) is 1.55. The molecule has 0 N–H and O–H groups in total. The first kappa shape index (κ1) is 9.35. The standard InChI is InChI=1S/C10H15F3/c1-9-4-2-3-7(6-9)5-8(11)10(9,12)13/h7-8H,2-6H2,1H3. The fourth-order valence-electron chi connectivity index (χ4n) is 2.94. The van der Waals surface area contributed by atoms with Gasteiger partial charge in [-0.1, -0.05) is 19.8 Å². The maximum Gasteiger partial charge on any atom is 0.283 e. The predicted molar refractivity (Wildman–Crippen MR) is 44.5 cm³/mol. The molecule has 0 aromatic carbocycles. The van der Waals surface area contributed by atoms with E-state index in [2.05, 4.69) is 0 Å². The zero-order chi connectivity index (χ0) is 9.69. The smallest absolute Gasteiger partial charge is 0.241 e. The van der Waals surface area contributed by atoms with Crippen molar-refractivity contribution in [3.8, 4) is 0 Å². The molecule has 2 aliphatic carbocycles. The molecule has 2 fully saturated rings. The quantitative estimate of drug-likeness (QED) is 0.550. The Hall–Kier alpha value is -0.210. The van der Waals surface area contributed by atoms with Crippen LogP contribution in [-0.4, -0.2) is 12.1 Å². The molecule has 3 heteroatoms. The summed E-state index contributed by atoms with van der Waals surface area (Å²) in [5.74, 6) is -2.89. The van der Waals surface area contributed by atoms with Crippen molar-refractivity contribution in [1.29, 1.82) is 0 Å². The van der Waals surface area contributed by atoms with E-state index in [4.69, 9.17) is 0 Å². The van der Waals surface area contributed by atoms with Crippen molar-refractivity contribution >= 4 is 0 Å². The van der Waals surface area contributed by atoms with E-state index in [1.54, 1.807) is 6.92 Å². The second-order valence-electron chi connectivity index (χ2n) is 4.85. The lowest BCUT2D eigenvalue weighted by Crippen LogP contribution is -2.53. The normalized spacial score (nSPS) is 48.9. The van der Waals surface area contributed by atoms with Crippen LogP contribution >= 0.6 is 0 Å². The van der Waals surface area contributed by atoms with E-state index in [0.29, 0.717) is 12.8 Å². The molecule has 0 nitrogen and oxygen atoms in total. The lowest BCUT2D eigenvalue weighted by atomic mass is 9.60. The van der Waals surface area contributed by atoms with Gasteiger partial charge in [0, 0.05) is 5.41 Å². The number of fused-ring (bicyclic) bond motifs is 2. The van der Waals surface area contributed by atoms with Gasteiger partial charge in [-0.15, -0.1) is 0 Å². The molecule has 3 unspecified atom stereocenters. The second kappa shape index (κ2) is 2.64. The number of hydrogen-bond donors (Lipinski definition) is 0. The molecule has 0 aliphatic heterocycles. The second-order valence-corrected chi connectivity index (χ2v) is 4.85. The molecule has 2 bridgehead atoms. The minimum Gasteiger partial charge on any atom is -0.241 e. The molecule has 0 aromatic heterocycles. The van der Waals surface area contributed by atoms with Crippen LogP contribution < -0.4 is 0 Å². The monoisotopic (exact) mass is 192 g/mol. The third-order valence-electron chi connectivity index (χ3n) is 3.82. The lowest BCUT2D eigenvalue weighted by molar-refractivity contribution is -0.210. The average molecular weight is 192 g/mol. The van der Waals surface area contributed by atoms with E-state index in [0.717, 1.165) is 12.8 Å². The van der Waals surface area contributed by atoms with Gasteiger partial charge in [0.15, 0.2) is 6.17 Å². The van der Waals surface area contributed by atoms with Gasteiger partial charge in [-0.25, -0.2) is 13.2 Å². The van der Waals surface area contributed by atoms with Crippen molar-refractivity contribution in [2.24, 2.45) is 11.3 Å².